The van der Waals surface area contributed by atoms with Gasteiger partial charge >= 0.3 is 0 Å². The third-order valence-electron chi connectivity index (χ3n) is 4.96. The molecule has 0 aromatic carbocycles. The van der Waals surface area contributed by atoms with Crippen LogP contribution in [0.4, 0.5) is 0 Å². The SMILES string of the molecule is Cc1ccc2nc(CN3C[C@@H](Cc4cc(C)[nH]n4)[C@H](O)C3)cc(=O)n2c1. The van der Waals surface area contributed by atoms with E-state index in [4.69, 9.17) is 0 Å². The van der Waals surface area contributed by atoms with Gasteiger partial charge in [0.15, 0.2) is 0 Å². The highest BCUT2D eigenvalue weighted by Gasteiger charge is 2.32. The van der Waals surface area contributed by atoms with Crippen molar-refractivity contribution >= 4 is 5.65 Å². The molecule has 3 aromatic heterocycles. The summed E-state index contributed by atoms with van der Waals surface area (Å²) in [6.07, 6.45) is 2.15. The van der Waals surface area contributed by atoms with E-state index in [1.165, 1.54) is 0 Å². The number of hydrogen-bond acceptors (Lipinski definition) is 5. The zero-order valence-electron chi connectivity index (χ0n) is 15.0. The molecule has 4 rings (SSSR count). The second kappa shape index (κ2) is 6.66. The van der Waals surface area contributed by atoms with Crippen LogP contribution in [-0.2, 0) is 13.0 Å². The molecule has 2 N–H and O–H groups in total. The van der Waals surface area contributed by atoms with Crippen LogP contribution in [0.5, 0.6) is 0 Å². The fourth-order valence-corrected chi connectivity index (χ4v) is 3.69. The molecule has 0 aliphatic carbocycles. The first-order chi connectivity index (χ1) is 12.5. The highest BCUT2D eigenvalue weighted by Crippen LogP contribution is 2.22. The smallest absolute Gasteiger partial charge is 0.258 e. The normalized spacial score (nSPS) is 20.9. The Kier molecular flexibility index (Phi) is 4.34. The Balaban J connectivity index is 1.48. The van der Waals surface area contributed by atoms with Gasteiger partial charge in [0, 0.05) is 43.5 Å². The minimum atomic E-state index is -0.392. The van der Waals surface area contributed by atoms with Gasteiger partial charge in [0.05, 0.1) is 17.5 Å². The topological polar surface area (TPSA) is 86.5 Å². The number of hydrogen-bond donors (Lipinski definition) is 2. The van der Waals surface area contributed by atoms with Gasteiger partial charge in [0.1, 0.15) is 5.65 Å². The molecular formula is C19H23N5O2. The molecule has 0 unspecified atom stereocenters. The summed E-state index contributed by atoms with van der Waals surface area (Å²) >= 11 is 0. The van der Waals surface area contributed by atoms with Crippen LogP contribution in [-0.4, -0.2) is 48.8 Å². The number of likely N-dealkylation sites (tertiary alicyclic amines) is 1. The number of pyridine rings is 1. The number of nitrogens with one attached hydrogen (secondary N) is 1. The summed E-state index contributed by atoms with van der Waals surface area (Å²) in [5, 5.41) is 17.6. The van der Waals surface area contributed by atoms with Crippen molar-refractivity contribution in [2.75, 3.05) is 13.1 Å². The fraction of sp³-hybridized carbons (Fsp3) is 0.421. The lowest BCUT2D eigenvalue weighted by atomic mass is 10.0. The quantitative estimate of drug-likeness (QED) is 0.733. The van der Waals surface area contributed by atoms with Crippen molar-refractivity contribution in [2.24, 2.45) is 5.92 Å². The highest BCUT2D eigenvalue weighted by molar-refractivity contribution is 5.39. The van der Waals surface area contributed by atoms with E-state index < -0.39 is 6.10 Å². The molecule has 0 amide bonds. The Hall–Kier alpha value is -2.51. The maximum Gasteiger partial charge on any atom is 0.258 e. The van der Waals surface area contributed by atoms with Crippen molar-refractivity contribution in [2.45, 2.75) is 32.9 Å². The maximum atomic E-state index is 12.3. The van der Waals surface area contributed by atoms with Crippen molar-refractivity contribution in [1.82, 2.24) is 24.5 Å². The van der Waals surface area contributed by atoms with Crippen molar-refractivity contribution in [3.8, 4) is 0 Å². The maximum absolute atomic E-state index is 12.3. The number of H-pyrrole nitrogens is 1. The molecule has 1 fully saturated rings. The van der Waals surface area contributed by atoms with Crippen molar-refractivity contribution in [3.63, 3.8) is 0 Å². The molecule has 7 nitrogen and oxygen atoms in total. The number of aromatic nitrogens is 4. The molecule has 0 bridgehead atoms. The Bertz CT molecular complexity index is 993. The van der Waals surface area contributed by atoms with Crippen LogP contribution in [0.1, 0.15) is 22.6 Å². The van der Waals surface area contributed by atoms with Crippen molar-refractivity contribution < 1.29 is 5.11 Å². The summed E-state index contributed by atoms with van der Waals surface area (Å²) < 4.78 is 1.57. The largest absolute Gasteiger partial charge is 0.391 e. The second-order valence-electron chi connectivity index (χ2n) is 7.29. The van der Waals surface area contributed by atoms with Gasteiger partial charge in [0.2, 0.25) is 0 Å². The summed E-state index contributed by atoms with van der Waals surface area (Å²) in [4.78, 5) is 19.1. The van der Waals surface area contributed by atoms with Crippen LogP contribution < -0.4 is 5.56 Å². The average molecular weight is 353 g/mol. The number of β-amino-alcohol motifs (C(OH)–C–C–N with tert-alkyl or cyclic N) is 1. The molecule has 2 atom stereocenters. The Labute approximate surface area is 151 Å². The summed E-state index contributed by atoms with van der Waals surface area (Å²) in [6, 6.07) is 7.42. The monoisotopic (exact) mass is 353 g/mol. The number of aromatic amines is 1. The molecule has 136 valence electrons. The van der Waals surface area contributed by atoms with Gasteiger partial charge in [-0.3, -0.25) is 19.2 Å². The first kappa shape index (κ1) is 16.9. The van der Waals surface area contributed by atoms with Gasteiger partial charge in [-0.25, -0.2) is 4.98 Å². The van der Waals surface area contributed by atoms with Gasteiger partial charge in [-0.2, -0.15) is 5.10 Å². The van der Waals surface area contributed by atoms with Crippen LogP contribution >= 0.6 is 0 Å². The summed E-state index contributed by atoms with van der Waals surface area (Å²) in [6.45, 7) is 5.84. The molecular weight excluding hydrogens is 330 g/mol. The molecule has 0 saturated carbocycles. The Morgan fingerprint density at radius 2 is 2.08 bits per heavy atom. The lowest BCUT2D eigenvalue weighted by Gasteiger charge is -2.15. The first-order valence-electron chi connectivity index (χ1n) is 8.88. The molecule has 7 heteroatoms. The predicted octanol–water partition coefficient (Wildman–Crippen LogP) is 1.07. The zero-order valence-corrected chi connectivity index (χ0v) is 15.0. The van der Waals surface area contributed by atoms with E-state index in [0.717, 1.165) is 35.6 Å². The molecule has 1 aliphatic rings. The zero-order chi connectivity index (χ0) is 18.3. The predicted molar refractivity (Wildman–Crippen MR) is 98.0 cm³/mol. The Morgan fingerprint density at radius 3 is 2.85 bits per heavy atom. The van der Waals surface area contributed by atoms with Crippen LogP contribution in [0.25, 0.3) is 5.65 Å². The third kappa shape index (κ3) is 3.40. The van der Waals surface area contributed by atoms with Crippen LogP contribution in [0.3, 0.4) is 0 Å². The Morgan fingerprint density at radius 1 is 1.23 bits per heavy atom. The standard InChI is InChI=1S/C19H23N5O2/c1-12-3-4-18-20-16(7-19(26)24(18)8-12)10-23-9-14(17(25)11-23)6-15-5-13(2)21-22-15/h3-5,7-8,14,17,25H,6,9-11H2,1-2H3,(H,21,22)/t14-,17-/m1/s1. The van der Waals surface area contributed by atoms with E-state index in [-0.39, 0.29) is 11.5 Å². The summed E-state index contributed by atoms with van der Waals surface area (Å²) in [5.74, 6) is 0.141. The summed E-state index contributed by atoms with van der Waals surface area (Å²) in [5.41, 5.74) is 4.35. The number of aliphatic hydroxyl groups is 1. The van der Waals surface area contributed by atoms with E-state index in [0.29, 0.717) is 18.7 Å². The van der Waals surface area contributed by atoms with Gasteiger partial charge in [-0.15, -0.1) is 0 Å². The van der Waals surface area contributed by atoms with E-state index in [2.05, 4.69) is 20.1 Å². The highest BCUT2D eigenvalue weighted by atomic mass is 16.3. The molecule has 0 radical (unpaired) electrons. The fourth-order valence-electron chi connectivity index (χ4n) is 3.69. The van der Waals surface area contributed by atoms with Crippen LogP contribution in [0.2, 0.25) is 0 Å². The minimum absolute atomic E-state index is 0.0722. The third-order valence-corrected chi connectivity index (χ3v) is 4.96. The summed E-state index contributed by atoms with van der Waals surface area (Å²) in [7, 11) is 0. The van der Waals surface area contributed by atoms with Gasteiger partial charge in [0.25, 0.3) is 5.56 Å². The van der Waals surface area contributed by atoms with Gasteiger partial charge < -0.3 is 5.11 Å². The molecule has 26 heavy (non-hydrogen) atoms. The van der Waals surface area contributed by atoms with Gasteiger partial charge in [-0.05, 0) is 38.0 Å². The van der Waals surface area contributed by atoms with Crippen molar-refractivity contribution in [1.29, 1.82) is 0 Å². The lowest BCUT2D eigenvalue weighted by molar-refractivity contribution is 0.140. The number of nitrogens with zero attached hydrogens (tertiary/aromatic N) is 4. The van der Waals surface area contributed by atoms with E-state index in [1.807, 2.05) is 32.0 Å². The molecule has 4 heterocycles. The van der Waals surface area contributed by atoms with Crippen molar-refractivity contribution in [3.05, 3.63) is 63.5 Å². The lowest BCUT2D eigenvalue weighted by Crippen LogP contribution is -2.24. The molecule has 1 aliphatic heterocycles. The number of rotatable bonds is 4. The number of aryl methyl sites for hydroxylation is 2. The first-order valence-corrected chi connectivity index (χ1v) is 8.88. The van der Waals surface area contributed by atoms with Crippen LogP contribution in [0.15, 0.2) is 35.3 Å². The second-order valence-corrected chi connectivity index (χ2v) is 7.29. The van der Waals surface area contributed by atoms with E-state index in [1.54, 1.807) is 16.7 Å². The molecule has 0 spiro atoms. The number of fused-ring (bicyclic) bond motifs is 1. The van der Waals surface area contributed by atoms with E-state index >= 15 is 0 Å². The van der Waals surface area contributed by atoms with Crippen LogP contribution in [0, 0.1) is 19.8 Å². The minimum Gasteiger partial charge on any atom is -0.391 e. The van der Waals surface area contributed by atoms with E-state index in [9.17, 15) is 9.90 Å². The van der Waals surface area contributed by atoms with Gasteiger partial charge in [-0.1, -0.05) is 6.07 Å². The average Bonchev–Trinajstić information content (AvgIpc) is 3.14. The number of aliphatic hydroxyl groups excluding tert-OH is 1. The molecule has 1 saturated heterocycles. The molecule has 3 aromatic rings.